The highest BCUT2D eigenvalue weighted by Crippen LogP contribution is 2.20. The Balaban J connectivity index is 2.57. The minimum Gasteiger partial charge on any atom is -0.493 e. The number of ether oxygens (including phenoxy) is 1. The third kappa shape index (κ3) is 3.79. The summed E-state index contributed by atoms with van der Waals surface area (Å²) in [5, 5.41) is 18.2. The second-order valence-corrected chi connectivity index (χ2v) is 4.27. The van der Waals surface area contributed by atoms with Crippen molar-refractivity contribution in [3.8, 4) is 11.8 Å². The van der Waals surface area contributed by atoms with Gasteiger partial charge >= 0.3 is 0 Å². The van der Waals surface area contributed by atoms with Crippen LogP contribution in [0.1, 0.15) is 25.8 Å². The van der Waals surface area contributed by atoms with E-state index in [4.69, 9.17) is 15.7 Å². The minimum atomic E-state index is -0.738. The van der Waals surface area contributed by atoms with E-state index in [2.05, 4.69) is 0 Å². The number of hydrogen-bond acceptors (Lipinski definition) is 4. The molecule has 0 fully saturated rings. The van der Waals surface area contributed by atoms with Crippen LogP contribution in [-0.4, -0.2) is 17.3 Å². The molecular weight excluding hydrogens is 204 g/mol. The number of benzene rings is 1. The molecule has 0 bridgehead atoms. The average Bonchev–Trinajstić information content (AvgIpc) is 2.16. The van der Waals surface area contributed by atoms with Crippen molar-refractivity contribution in [3.05, 3.63) is 23.8 Å². The Labute approximate surface area is 95.3 Å². The van der Waals surface area contributed by atoms with E-state index >= 15 is 0 Å². The van der Waals surface area contributed by atoms with Crippen molar-refractivity contribution in [2.24, 2.45) is 0 Å². The van der Waals surface area contributed by atoms with E-state index < -0.39 is 5.60 Å². The first-order valence-corrected chi connectivity index (χ1v) is 5.07. The zero-order valence-electron chi connectivity index (χ0n) is 9.53. The molecule has 0 atom stereocenters. The van der Waals surface area contributed by atoms with Crippen LogP contribution in [0, 0.1) is 11.3 Å². The quantitative estimate of drug-likeness (QED) is 0.756. The molecule has 0 unspecified atom stereocenters. The van der Waals surface area contributed by atoms with Crippen LogP contribution >= 0.6 is 0 Å². The molecule has 0 saturated heterocycles. The molecule has 1 aromatic carbocycles. The molecule has 0 aromatic heterocycles. The van der Waals surface area contributed by atoms with Crippen LogP contribution in [0.3, 0.4) is 0 Å². The van der Waals surface area contributed by atoms with Gasteiger partial charge in [0, 0.05) is 12.5 Å². The first-order chi connectivity index (χ1) is 7.42. The van der Waals surface area contributed by atoms with E-state index in [1.165, 1.54) is 0 Å². The lowest BCUT2D eigenvalue weighted by molar-refractivity contribution is 0.0553. The van der Waals surface area contributed by atoms with E-state index in [-0.39, 0.29) is 0 Å². The Kier molecular flexibility index (Phi) is 3.75. The molecule has 4 heteroatoms. The maximum absolute atomic E-state index is 9.48. The predicted molar refractivity (Wildman–Crippen MR) is 62.0 cm³/mol. The molecule has 0 aliphatic rings. The van der Waals surface area contributed by atoms with Crippen molar-refractivity contribution in [1.82, 2.24) is 0 Å². The van der Waals surface area contributed by atoms with Gasteiger partial charge in [0.05, 0.1) is 23.5 Å². The van der Waals surface area contributed by atoms with E-state index in [9.17, 15) is 5.11 Å². The van der Waals surface area contributed by atoms with Gasteiger partial charge in [0.25, 0.3) is 0 Å². The van der Waals surface area contributed by atoms with Crippen LogP contribution in [0.2, 0.25) is 0 Å². The van der Waals surface area contributed by atoms with E-state index in [0.29, 0.717) is 30.0 Å². The van der Waals surface area contributed by atoms with Gasteiger partial charge in [0.15, 0.2) is 0 Å². The standard InChI is InChI=1S/C12H16N2O2/c1-12(2,15)5-6-16-10-4-3-9(8-13)11(14)7-10/h3-4,7,15H,5-6,14H2,1-2H3. The van der Waals surface area contributed by atoms with Gasteiger partial charge < -0.3 is 15.6 Å². The first-order valence-electron chi connectivity index (χ1n) is 5.07. The maximum atomic E-state index is 9.48. The molecule has 0 saturated carbocycles. The molecule has 16 heavy (non-hydrogen) atoms. The van der Waals surface area contributed by atoms with Gasteiger partial charge in [-0.15, -0.1) is 0 Å². The summed E-state index contributed by atoms with van der Waals surface area (Å²) in [5.41, 5.74) is 5.75. The molecule has 86 valence electrons. The van der Waals surface area contributed by atoms with Gasteiger partial charge in [-0.2, -0.15) is 5.26 Å². The highest BCUT2D eigenvalue weighted by atomic mass is 16.5. The second kappa shape index (κ2) is 4.86. The molecule has 4 nitrogen and oxygen atoms in total. The SMILES string of the molecule is CC(C)(O)CCOc1ccc(C#N)c(N)c1. The number of rotatable bonds is 4. The number of nitriles is 1. The fraction of sp³-hybridized carbons (Fsp3) is 0.417. The molecule has 0 heterocycles. The highest BCUT2D eigenvalue weighted by Gasteiger charge is 2.12. The number of aliphatic hydroxyl groups is 1. The number of nitrogen functional groups attached to an aromatic ring is 1. The third-order valence-electron chi connectivity index (χ3n) is 2.13. The summed E-state index contributed by atoms with van der Waals surface area (Å²) in [4.78, 5) is 0. The van der Waals surface area contributed by atoms with Crippen LogP contribution in [0.5, 0.6) is 5.75 Å². The second-order valence-electron chi connectivity index (χ2n) is 4.27. The molecule has 0 radical (unpaired) electrons. The van der Waals surface area contributed by atoms with Gasteiger partial charge in [-0.25, -0.2) is 0 Å². The number of nitrogens with zero attached hydrogens (tertiary/aromatic N) is 1. The Morgan fingerprint density at radius 2 is 2.19 bits per heavy atom. The van der Waals surface area contributed by atoms with Crippen molar-refractivity contribution in [2.75, 3.05) is 12.3 Å². The van der Waals surface area contributed by atoms with Gasteiger partial charge in [-0.1, -0.05) is 0 Å². The van der Waals surface area contributed by atoms with Crippen LogP contribution < -0.4 is 10.5 Å². The Hall–Kier alpha value is -1.73. The zero-order chi connectivity index (χ0) is 12.2. The van der Waals surface area contributed by atoms with Gasteiger partial charge in [0.2, 0.25) is 0 Å². The van der Waals surface area contributed by atoms with Crippen molar-refractivity contribution >= 4 is 5.69 Å². The summed E-state index contributed by atoms with van der Waals surface area (Å²) in [6.07, 6.45) is 0.535. The summed E-state index contributed by atoms with van der Waals surface area (Å²) >= 11 is 0. The lowest BCUT2D eigenvalue weighted by atomic mass is 10.1. The Morgan fingerprint density at radius 3 is 2.69 bits per heavy atom. The summed E-state index contributed by atoms with van der Waals surface area (Å²) < 4.78 is 5.41. The van der Waals surface area contributed by atoms with E-state index in [1.807, 2.05) is 6.07 Å². The molecule has 0 aliphatic heterocycles. The number of nitrogens with two attached hydrogens (primary N) is 1. The molecule has 0 spiro atoms. The molecular formula is C12H16N2O2. The smallest absolute Gasteiger partial charge is 0.121 e. The monoisotopic (exact) mass is 220 g/mol. The summed E-state index contributed by atoms with van der Waals surface area (Å²) in [6, 6.07) is 6.91. The molecule has 1 aromatic rings. The summed E-state index contributed by atoms with van der Waals surface area (Å²) in [5.74, 6) is 0.612. The summed E-state index contributed by atoms with van der Waals surface area (Å²) in [6.45, 7) is 3.86. The minimum absolute atomic E-state index is 0.406. The van der Waals surface area contributed by atoms with Crippen molar-refractivity contribution in [2.45, 2.75) is 25.9 Å². The number of hydrogen-bond donors (Lipinski definition) is 2. The average molecular weight is 220 g/mol. The fourth-order valence-electron chi connectivity index (χ4n) is 1.15. The topological polar surface area (TPSA) is 79.3 Å². The number of anilines is 1. The van der Waals surface area contributed by atoms with Crippen LogP contribution in [-0.2, 0) is 0 Å². The van der Waals surface area contributed by atoms with Crippen LogP contribution in [0.4, 0.5) is 5.69 Å². The summed E-state index contributed by atoms with van der Waals surface area (Å²) in [7, 11) is 0. The Morgan fingerprint density at radius 1 is 1.50 bits per heavy atom. The van der Waals surface area contributed by atoms with Gasteiger partial charge in [0.1, 0.15) is 11.8 Å². The lowest BCUT2D eigenvalue weighted by Crippen LogP contribution is -2.21. The normalized spacial score (nSPS) is 10.9. The van der Waals surface area contributed by atoms with Crippen LogP contribution in [0.25, 0.3) is 0 Å². The predicted octanol–water partition coefficient (Wildman–Crippen LogP) is 1.68. The first kappa shape index (κ1) is 12.3. The Bertz CT molecular complexity index is 402. The van der Waals surface area contributed by atoms with Gasteiger partial charge in [-0.3, -0.25) is 0 Å². The van der Waals surface area contributed by atoms with E-state index in [0.717, 1.165) is 0 Å². The van der Waals surface area contributed by atoms with Gasteiger partial charge in [-0.05, 0) is 26.0 Å². The largest absolute Gasteiger partial charge is 0.493 e. The zero-order valence-corrected chi connectivity index (χ0v) is 9.53. The van der Waals surface area contributed by atoms with E-state index in [1.54, 1.807) is 32.0 Å². The highest BCUT2D eigenvalue weighted by molar-refractivity contribution is 5.56. The lowest BCUT2D eigenvalue weighted by Gasteiger charge is -2.17. The van der Waals surface area contributed by atoms with Crippen molar-refractivity contribution < 1.29 is 9.84 Å². The molecule has 1 rings (SSSR count). The van der Waals surface area contributed by atoms with Crippen molar-refractivity contribution in [3.63, 3.8) is 0 Å². The third-order valence-corrected chi connectivity index (χ3v) is 2.13. The molecule has 0 amide bonds. The fourth-order valence-corrected chi connectivity index (χ4v) is 1.15. The molecule has 3 N–H and O–H groups in total. The molecule has 0 aliphatic carbocycles. The van der Waals surface area contributed by atoms with Crippen LogP contribution in [0.15, 0.2) is 18.2 Å². The van der Waals surface area contributed by atoms with Crippen molar-refractivity contribution in [1.29, 1.82) is 5.26 Å². The maximum Gasteiger partial charge on any atom is 0.121 e.